The molecule has 1 saturated carbocycles. The molecule has 1 fully saturated rings. The standard InChI is InChI=1S/C17H18N2O3S/c1-11(20)15-10-23-17(18-15)19-16(21)12-6-8-14(9-7-12)22-13-4-2-3-5-13/h6-10,13H,2-5H2,1H3,(H,18,19,21). The summed E-state index contributed by atoms with van der Waals surface area (Å²) in [5, 5.41) is 4.76. The lowest BCUT2D eigenvalue weighted by Crippen LogP contribution is -2.13. The molecule has 0 radical (unpaired) electrons. The van der Waals surface area contributed by atoms with Gasteiger partial charge in [-0.25, -0.2) is 4.98 Å². The van der Waals surface area contributed by atoms with Crippen molar-refractivity contribution in [3.8, 4) is 5.75 Å². The van der Waals surface area contributed by atoms with Crippen molar-refractivity contribution in [1.29, 1.82) is 0 Å². The molecule has 120 valence electrons. The van der Waals surface area contributed by atoms with E-state index in [1.807, 2.05) is 12.1 Å². The number of benzene rings is 1. The fourth-order valence-electron chi connectivity index (χ4n) is 2.55. The molecule has 0 saturated heterocycles. The van der Waals surface area contributed by atoms with E-state index in [1.165, 1.54) is 31.1 Å². The van der Waals surface area contributed by atoms with Gasteiger partial charge in [-0.05, 0) is 49.9 Å². The first-order chi connectivity index (χ1) is 11.1. The van der Waals surface area contributed by atoms with Crippen molar-refractivity contribution in [2.24, 2.45) is 0 Å². The molecule has 0 atom stereocenters. The van der Waals surface area contributed by atoms with Crippen LogP contribution in [0.15, 0.2) is 29.6 Å². The molecule has 5 nitrogen and oxygen atoms in total. The van der Waals surface area contributed by atoms with Crippen LogP contribution >= 0.6 is 11.3 Å². The van der Waals surface area contributed by atoms with Gasteiger partial charge in [0.1, 0.15) is 11.4 Å². The number of carbonyl (C=O) groups is 2. The van der Waals surface area contributed by atoms with Crippen LogP contribution in [-0.2, 0) is 0 Å². The number of ether oxygens (including phenoxy) is 1. The molecule has 1 amide bonds. The minimum atomic E-state index is -0.248. The molecule has 0 aliphatic heterocycles. The third kappa shape index (κ3) is 3.96. The number of hydrogen-bond donors (Lipinski definition) is 1. The number of hydrogen-bond acceptors (Lipinski definition) is 5. The van der Waals surface area contributed by atoms with Crippen LogP contribution in [0.25, 0.3) is 0 Å². The van der Waals surface area contributed by atoms with Gasteiger partial charge < -0.3 is 4.74 Å². The molecule has 0 spiro atoms. The molecule has 2 aromatic rings. The third-order valence-corrected chi connectivity index (χ3v) is 4.56. The van der Waals surface area contributed by atoms with Gasteiger partial charge in [0.2, 0.25) is 0 Å². The first-order valence-electron chi connectivity index (χ1n) is 7.66. The van der Waals surface area contributed by atoms with Gasteiger partial charge in [0.05, 0.1) is 6.10 Å². The average Bonchev–Trinajstić information content (AvgIpc) is 3.19. The topological polar surface area (TPSA) is 68.3 Å². The van der Waals surface area contributed by atoms with Crippen LogP contribution in [-0.4, -0.2) is 22.8 Å². The van der Waals surface area contributed by atoms with Gasteiger partial charge in [-0.1, -0.05) is 0 Å². The Kier molecular flexibility index (Phi) is 4.71. The lowest BCUT2D eigenvalue weighted by molar-refractivity contribution is 0.100. The highest BCUT2D eigenvalue weighted by atomic mass is 32.1. The summed E-state index contributed by atoms with van der Waals surface area (Å²) in [7, 11) is 0. The van der Waals surface area contributed by atoms with E-state index in [4.69, 9.17) is 4.74 Å². The Morgan fingerprint density at radius 2 is 1.91 bits per heavy atom. The van der Waals surface area contributed by atoms with E-state index in [-0.39, 0.29) is 11.7 Å². The first kappa shape index (κ1) is 15.7. The molecule has 1 aliphatic carbocycles. The average molecular weight is 330 g/mol. The predicted molar refractivity (Wildman–Crippen MR) is 89.4 cm³/mol. The van der Waals surface area contributed by atoms with Crippen LogP contribution in [0.2, 0.25) is 0 Å². The van der Waals surface area contributed by atoms with Gasteiger partial charge in [0.25, 0.3) is 5.91 Å². The van der Waals surface area contributed by atoms with Crippen LogP contribution in [0.5, 0.6) is 5.75 Å². The number of ketones is 1. The molecule has 1 aromatic heterocycles. The molecular formula is C17H18N2O3S. The lowest BCUT2D eigenvalue weighted by Gasteiger charge is -2.13. The van der Waals surface area contributed by atoms with E-state index in [0.717, 1.165) is 18.6 Å². The van der Waals surface area contributed by atoms with Crippen molar-refractivity contribution >= 4 is 28.2 Å². The van der Waals surface area contributed by atoms with Crippen molar-refractivity contribution in [3.05, 3.63) is 40.9 Å². The monoisotopic (exact) mass is 330 g/mol. The number of rotatable bonds is 5. The number of carbonyl (C=O) groups excluding carboxylic acids is 2. The normalized spacial score (nSPS) is 14.7. The fraction of sp³-hybridized carbons (Fsp3) is 0.353. The number of anilines is 1. The Morgan fingerprint density at radius 1 is 1.22 bits per heavy atom. The maximum atomic E-state index is 12.2. The second-order valence-corrected chi connectivity index (χ2v) is 6.46. The number of Topliss-reactive ketones (excluding diaryl/α,β-unsaturated/α-hetero) is 1. The quantitative estimate of drug-likeness (QED) is 0.844. The zero-order chi connectivity index (χ0) is 16.2. The maximum Gasteiger partial charge on any atom is 0.257 e. The molecule has 1 aromatic carbocycles. The SMILES string of the molecule is CC(=O)c1csc(NC(=O)c2ccc(OC3CCCC3)cc2)n1. The van der Waals surface area contributed by atoms with Crippen molar-refractivity contribution in [2.75, 3.05) is 5.32 Å². The van der Waals surface area contributed by atoms with Crippen molar-refractivity contribution in [3.63, 3.8) is 0 Å². The second-order valence-electron chi connectivity index (χ2n) is 5.60. The van der Waals surface area contributed by atoms with E-state index in [0.29, 0.717) is 22.5 Å². The van der Waals surface area contributed by atoms with E-state index < -0.39 is 0 Å². The minimum Gasteiger partial charge on any atom is -0.490 e. The second kappa shape index (κ2) is 6.91. The third-order valence-electron chi connectivity index (χ3n) is 3.81. The summed E-state index contributed by atoms with van der Waals surface area (Å²) in [5.74, 6) is 0.429. The first-order valence-corrected chi connectivity index (χ1v) is 8.54. The molecular weight excluding hydrogens is 312 g/mol. The molecule has 3 rings (SSSR count). The molecule has 23 heavy (non-hydrogen) atoms. The molecule has 1 N–H and O–H groups in total. The van der Waals surface area contributed by atoms with Crippen molar-refractivity contribution < 1.29 is 14.3 Å². The molecule has 1 heterocycles. The zero-order valence-electron chi connectivity index (χ0n) is 12.9. The highest BCUT2D eigenvalue weighted by Gasteiger charge is 2.17. The van der Waals surface area contributed by atoms with Gasteiger partial charge in [-0.3, -0.25) is 14.9 Å². The zero-order valence-corrected chi connectivity index (χ0v) is 13.7. The van der Waals surface area contributed by atoms with Crippen LogP contribution in [0.3, 0.4) is 0 Å². The summed E-state index contributed by atoms with van der Waals surface area (Å²) < 4.78 is 5.88. The smallest absolute Gasteiger partial charge is 0.257 e. The molecule has 6 heteroatoms. The lowest BCUT2D eigenvalue weighted by atomic mass is 10.2. The number of amides is 1. The predicted octanol–water partition coefficient (Wildman–Crippen LogP) is 3.92. The van der Waals surface area contributed by atoms with Gasteiger partial charge in [0.15, 0.2) is 10.9 Å². The van der Waals surface area contributed by atoms with Gasteiger partial charge in [-0.15, -0.1) is 11.3 Å². The Balaban J connectivity index is 1.61. The van der Waals surface area contributed by atoms with Crippen LogP contribution in [0.1, 0.15) is 53.5 Å². The number of nitrogens with one attached hydrogen (secondary N) is 1. The van der Waals surface area contributed by atoms with Crippen molar-refractivity contribution in [1.82, 2.24) is 4.98 Å². The fourth-order valence-corrected chi connectivity index (χ4v) is 3.29. The van der Waals surface area contributed by atoms with Crippen molar-refractivity contribution in [2.45, 2.75) is 38.7 Å². The minimum absolute atomic E-state index is 0.116. The van der Waals surface area contributed by atoms with Gasteiger partial charge in [0, 0.05) is 17.9 Å². The summed E-state index contributed by atoms with van der Waals surface area (Å²) in [6.07, 6.45) is 4.95. The van der Waals surface area contributed by atoms with Crippen LogP contribution in [0.4, 0.5) is 5.13 Å². The molecule has 1 aliphatic rings. The number of aromatic nitrogens is 1. The highest BCUT2D eigenvalue weighted by Crippen LogP contribution is 2.24. The van der Waals surface area contributed by atoms with Gasteiger partial charge >= 0.3 is 0 Å². The van der Waals surface area contributed by atoms with Crippen LogP contribution < -0.4 is 10.1 Å². The Bertz CT molecular complexity index is 703. The summed E-state index contributed by atoms with van der Waals surface area (Å²) in [6.45, 7) is 1.45. The molecule has 0 bridgehead atoms. The summed E-state index contributed by atoms with van der Waals surface area (Å²) >= 11 is 1.24. The largest absolute Gasteiger partial charge is 0.490 e. The summed E-state index contributed by atoms with van der Waals surface area (Å²) in [5.41, 5.74) is 0.897. The Hall–Kier alpha value is -2.21. The van der Waals surface area contributed by atoms with E-state index in [9.17, 15) is 9.59 Å². The van der Waals surface area contributed by atoms with E-state index in [1.54, 1.807) is 17.5 Å². The van der Waals surface area contributed by atoms with E-state index in [2.05, 4.69) is 10.3 Å². The van der Waals surface area contributed by atoms with Gasteiger partial charge in [-0.2, -0.15) is 0 Å². The highest BCUT2D eigenvalue weighted by molar-refractivity contribution is 7.14. The Morgan fingerprint density at radius 3 is 2.52 bits per heavy atom. The summed E-state index contributed by atoms with van der Waals surface area (Å²) in [6, 6.07) is 7.10. The number of thiazole rings is 1. The molecule has 0 unspecified atom stereocenters. The number of nitrogens with zero attached hydrogens (tertiary/aromatic N) is 1. The summed E-state index contributed by atoms with van der Waals surface area (Å²) in [4.78, 5) is 27.5. The van der Waals surface area contributed by atoms with E-state index >= 15 is 0 Å². The maximum absolute atomic E-state index is 12.2. The van der Waals surface area contributed by atoms with Crippen LogP contribution in [0, 0.1) is 0 Å². The Labute approximate surface area is 138 Å².